The Bertz CT molecular complexity index is 2090. The van der Waals surface area contributed by atoms with Crippen molar-refractivity contribution in [3.05, 3.63) is 72.9 Å². The van der Waals surface area contributed by atoms with Gasteiger partial charge in [0.15, 0.2) is 5.82 Å². The molecule has 0 spiro atoms. The predicted octanol–water partition coefficient (Wildman–Crippen LogP) is 7.36. The van der Waals surface area contributed by atoms with E-state index in [2.05, 4.69) is 35.4 Å². The van der Waals surface area contributed by atoms with Gasteiger partial charge < -0.3 is 15.0 Å². The number of benzene rings is 2. The van der Waals surface area contributed by atoms with E-state index in [-0.39, 0.29) is 11.8 Å². The largest absolute Gasteiger partial charge is 0.492 e. The van der Waals surface area contributed by atoms with Gasteiger partial charge in [0.05, 0.1) is 28.6 Å². The van der Waals surface area contributed by atoms with Crippen molar-refractivity contribution in [2.45, 2.75) is 44.9 Å². The molecule has 11 heteroatoms. The summed E-state index contributed by atoms with van der Waals surface area (Å²) in [4.78, 5) is 32.6. The van der Waals surface area contributed by atoms with Crippen molar-refractivity contribution >= 4 is 33.5 Å². The maximum atomic E-state index is 14.8. The van der Waals surface area contributed by atoms with Gasteiger partial charge in [-0.3, -0.25) is 24.8 Å². The zero-order valence-electron chi connectivity index (χ0n) is 26.6. The number of nitrogens with zero attached hydrogens (tertiary/aromatic N) is 5. The number of likely N-dealkylation sites (tertiary alicyclic amines) is 1. The molecular weight excluding hydrogens is 607 g/mol. The van der Waals surface area contributed by atoms with Crippen LogP contribution in [0.5, 0.6) is 5.75 Å². The normalized spacial score (nSPS) is 15.8. The Morgan fingerprint density at radius 3 is 2.67 bits per heavy atom. The molecule has 1 aliphatic carbocycles. The Morgan fingerprint density at radius 2 is 1.79 bits per heavy atom. The van der Waals surface area contributed by atoms with Gasteiger partial charge in [-0.05, 0) is 80.7 Å². The highest BCUT2D eigenvalue weighted by Crippen LogP contribution is 2.34. The average molecular weight is 645 g/mol. The van der Waals surface area contributed by atoms with Crippen molar-refractivity contribution in [1.82, 2.24) is 35.0 Å². The van der Waals surface area contributed by atoms with E-state index in [4.69, 9.17) is 9.72 Å². The zero-order valence-corrected chi connectivity index (χ0v) is 26.6. The summed E-state index contributed by atoms with van der Waals surface area (Å²) in [5.74, 6) is 0.771. The number of halogens is 1. The van der Waals surface area contributed by atoms with Crippen LogP contribution in [0.15, 0.2) is 67.1 Å². The molecule has 1 amide bonds. The highest BCUT2D eigenvalue weighted by molar-refractivity contribution is 5.98. The van der Waals surface area contributed by atoms with Crippen LogP contribution in [0, 0.1) is 11.7 Å². The maximum absolute atomic E-state index is 14.8. The Kier molecular flexibility index (Phi) is 8.27. The summed E-state index contributed by atoms with van der Waals surface area (Å²) in [6.07, 6.45) is 12.9. The molecule has 0 radical (unpaired) electrons. The molecule has 6 aromatic rings. The average Bonchev–Trinajstić information content (AvgIpc) is 3.88. The standard InChI is InChI=1S/C37H37FN8O2/c38-27-16-25(18-29(20-27)48-15-14-46-12-4-5-13-46)33-35-32(10-11-40-33)42-36(43-35)34-30-19-24(8-9-31(30)44-45-34)26-17-28(22-39-21-26)41-37(47)23-6-2-1-3-7-23/h8-11,16-23H,1-7,12-15H2,(H,41,47)(H,42,43)(H,44,45). The van der Waals surface area contributed by atoms with Gasteiger partial charge in [0, 0.05) is 47.4 Å². The van der Waals surface area contributed by atoms with Gasteiger partial charge in [-0.25, -0.2) is 9.37 Å². The molecule has 0 atom stereocenters. The topological polar surface area (TPSA) is 125 Å². The Labute approximate surface area is 277 Å². The van der Waals surface area contributed by atoms with Crippen molar-refractivity contribution < 1.29 is 13.9 Å². The number of imidazole rings is 1. The minimum absolute atomic E-state index is 0.0627. The van der Waals surface area contributed by atoms with E-state index in [1.54, 1.807) is 18.6 Å². The van der Waals surface area contributed by atoms with Gasteiger partial charge in [0.2, 0.25) is 5.91 Å². The molecule has 0 unspecified atom stereocenters. The highest BCUT2D eigenvalue weighted by atomic mass is 19.1. The monoisotopic (exact) mass is 644 g/mol. The van der Waals surface area contributed by atoms with Gasteiger partial charge in [-0.1, -0.05) is 25.3 Å². The molecule has 1 saturated carbocycles. The van der Waals surface area contributed by atoms with Gasteiger partial charge in [0.1, 0.15) is 29.4 Å². The number of amides is 1. The van der Waals surface area contributed by atoms with Crippen LogP contribution >= 0.6 is 0 Å². The molecule has 48 heavy (non-hydrogen) atoms. The fourth-order valence-electron chi connectivity index (χ4n) is 6.99. The number of carbonyl (C=O) groups is 1. The fourth-order valence-corrected chi connectivity index (χ4v) is 6.99. The van der Waals surface area contributed by atoms with Crippen LogP contribution in [0.2, 0.25) is 0 Å². The van der Waals surface area contributed by atoms with E-state index in [1.807, 2.05) is 36.4 Å². The molecule has 244 valence electrons. The molecule has 5 heterocycles. The third-order valence-electron chi connectivity index (χ3n) is 9.52. The number of anilines is 1. The van der Waals surface area contributed by atoms with Crippen LogP contribution in [0.25, 0.3) is 55.8 Å². The van der Waals surface area contributed by atoms with Crippen LogP contribution in [0.3, 0.4) is 0 Å². The fraction of sp³-hybridized carbons (Fsp3) is 0.324. The molecule has 2 aromatic carbocycles. The molecule has 0 bridgehead atoms. The van der Waals surface area contributed by atoms with Crippen LogP contribution < -0.4 is 10.1 Å². The van der Waals surface area contributed by atoms with E-state index >= 15 is 0 Å². The van der Waals surface area contributed by atoms with Gasteiger partial charge >= 0.3 is 0 Å². The van der Waals surface area contributed by atoms with Crippen molar-refractivity contribution in [2.75, 3.05) is 31.6 Å². The minimum Gasteiger partial charge on any atom is -0.492 e. The minimum atomic E-state index is -0.392. The van der Waals surface area contributed by atoms with Crippen molar-refractivity contribution in [2.24, 2.45) is 5.92 Å². The first-order valence-corrected chi connectivity index (χ1v) is 16.8. The number of fused-ring (bicyclic) bond motifs is 2. The summed E-state index contributed by atoms with van der Waals surface area (Å²) in [5.41, 5.74) is 6.51. The van der Waals surface area contributed by atoms with Crippen molar-refractivity contribution in [1.29, 1.82) is 0 Å². The zero-order chi connectivity index (χ0) is 32.5. The Balaban J connectivity index is 1.07. The summed E-state index contributed by atoms with van der Waals surface area (Å²) in [6, 6.07) is 14.5. The third kappa shape index (κ3) is 6.25. The summed E-state index contributed by atoms with van der Waals surface area (Å²) < 4.78 is 20.8. The predicted molar refractivity (Wildman–Crippen MR) is 184 cm³/mol. The van der Waals surface area contributed by atoms with Crippen LogP contribution in [-0.2, 0) is 4.79 Å². The van der Waals surface area contributed by atoms with E-state index in [9.17, 15) is 9.18 Å². The second-order valence-corrected chi connectivity index (χ2v) is 12.8. The van der Waals surface area contributed by atoms with Gasteiger partial charge in [-0.15, -0.1) is 0 Å². The molecule has 3 N–H and O–H groups in total. The van der Waals surface area contributed by atoms with E-state index in [0.29, 0.717) is 46.3 Å². The first kappa shape index (κ1) is 30.2. The second kappa shape index (κ2) is 13.2. The quantitative estimate of drug-likeness (QED) is 0.150. The number of rotatable bonds is 9. The number of hydrogen-bond acceptors (Lipinski definition) is 7. The number of carbonyl (C=O) groups excluding carboxylic acids is 1. The lowest BCUT2D eigenvalue weighted by atomic mass is 9.88. The van der Waals surface area contributed by atoms with Gasteiger partial charge in [-0.2, -0.15) is 5.10 Å². The summed E-state index contributed by atoms with van der Waals surface area (Å²) in [6.45, 7) is 3.49. The number of aromatic nitrogens is 6. The van der Waals surface area contributed by atoms with Crippen molar-refractivity contribution in [3.63, 3.8) is 0 Å². The number of nitrogens with one attached hydrogen (secondary N) is 3. The lowest BCUT2D eigenvalue weighted by Gasteiger charge is -2.20. The third-order valence-corrected chi connectivity index (χ3v) is 9.52. The molecule has 1 saturated heterocycles. The van der Waals surface area contributed by atoms with Crippen LogP contribution in [0.1, 0.15) is 44.9 Å². The number of H-pyrrole nitrogens is 2. The maximum Gasteiger partial charge on any atom is 0.227 e. The Hall–Kier alpha value is -5.16. The first-order valence-electron chi connectivity index (χ1n) is 16.8. The SMILES string of the molecule is O=C(Nc1cncc(-c2ccc3[nH]nc(-c4nc5c(-c6cc(F)cc(OCCN7CCCC7)c6)nccc5[nH]4)c3c2)c1)C1CCCCC1. The summed E-state index contributed by atoms with van der Waals surface area (Å²) in [7, 11) is 0. The van der Waals surface area contributed by atoms with E-state index in [0.717, 1.165) is 72.9 Å². The lowest BCUT2D eigenvalue weighted by molar-refractivity contribution is -0.120. The lowest BCUT2D eigenvalue weighted by Crippen LogP contribution is -2.25. The summed E-state index contributed by atoms with van der Waals surface area (Å²) in [5, 5.41) is 11.7. The smallest absolute Gasteiger partial charge is 0.227 e. The molecular formula is C37H37FN8O2. The summed E-state index contributed by atoms with van der Waals surface area (Å²) >= 11 is 0. The van der Waals surface area contributed by atoms with Gasteiger partial charge in [0.25, 0.3) is 0 Å². The first-order chi connectivity index (χ1) is 23.6. The van der Waals surface area contributed by atoms with Crippen molar-refractivity contribution in [3.8, 4) is 39.7 Å². The Morgan fingerprint density at radius 1 is 0.917 bits per heavy atom. The number of hydrogen-bond donors (Lipinski definition) is 3. The van der Waals surface area contributed by atoms with E-state index in [1.165, 1.54) is 31.4 Å². The van der Waals surface area contributed by atoms with E-state index < -0.39 is 5.82 Å². The van der Waals surface area contributed by atoms with Crippen LogP contribution in [0.4, 0.5) is 10.1 Å². The molecule has 2 aliphatic rings. The second-order valence-electron chi connectivity index (χ2n) is 12.8. The molecule has 2 fully saturated rings. The molecule has 8 rings (SSSR count). The number of aromatic amines is 2. The number of pyridine rings is 2. The molecule has 4 aromatic heterocycles. The number of ether oxygens (including phenoxy) is 1. The molecule has 1 aliphatic heterocycles. The molecule has 10 nitrogen and oxygen atoms in total. The van der Waals surface area contributed by atoms with Crippen LogP contribution in [-0.4, -0.2) is 67.2 Å². The highest BCUT2D eigenvalue weighted by Gasteiger charge is 2.22.